The van der Waals surface area contributed by atoms with Gasteiger partial charge in [0.15, 0.2) is 0 Å². The van der Waals surface area contributed by atoms with Gasteiger partial charge in [0.1, 0.15) is 5.82 Å². The Labute approximate surface area is 217 Å². The predicted molar refractivity (Wildman–Crippen MR) is 147 cm³/mol. The van der Waals surface area contributed by atoms with Gasteiger partial charge in [-0.1, -0.05) is 67.4 Å². The van der Waals surface area contributed by atoms with Crippen LogP contribution in [-0.4, -0.2) is 26.9 Å². The number of carbonyl (C=O) groups is 1. The molecule has 3 aromatic carbocycles. The number of rotatable bonds is 7. The lowest BCUT2D eigenvalue weighted by Gasteiger charge is -2.31. The Morgan fingerprint density at radius 1 is 1.00 bits per heavy atom. The summed E-state index contributed by atoms with van der Waals surface area (Å²) in [4.78, 5) is 34.4. The Hall–Kier alpha value is -3.44. The molecule has 6 heteroatoms. The molecule has 0 aliphatic carbocycles. The van der Waals surface area contributed by atoms with Crippen LogP contribution in [-0.2, 0) is 0 Å². The summed E-state index contributed by atoms with van der Waals surface area (Å²) in [5.74, 6) is 0.739. The summed E-state index contributed by atoms with van der Waals surface area (Å²) >= 11 is 6.42. The molecule has 1 atom stereocenters. The van der Waals surface area contributed by atoms with E-state index in [1.54, 1.807) is 27.7 Å². The van der Waals surface area contributed by atoms with Crippen LogP contribution in [0.15, 0.2) is 71.5 Å². The lowest BCUT2D eigenvalue weighted by Crippen LogP contribution is -2.38. The minimum atomic E-state index is -0.481. The summed E-state index contributed by atoms with van der Waals surface area (Å²) in [7, 11) is 0. The predicted octanol–water partition coefficient (Wildman–Crippen LogP) is 6.91. The van der Waals surface area contributed by atoms with Crippen molar-refractivity contribution in [2.75, 3.05) is 6.54 Å². The van der Waals surface area contributed by atoms with Crippen LogP contribution >= 0.6 is 11.6 Å². The van der Waals surface area contributed by atoms with Gasteiger partial charge < -0.3 is 4.90 Å². The van der Waals surface area contributed by atoms with E-state index >= 15 is 0 Å². The molecule has 0 N–H and O–H groups in total. The molecule has 36 heavy (non-hydrogen) atoms. The van der Waals surface area contributed by atoms with Crippen molar-refractivity contribution in [1.29, 1.82) is 0 Å². The van der Waals surface area contributed by atoms with E-state index in [0.29, 0.717) is 39.8 Å². The first-order chi connectivity index (χ1) is 17.2. The van der Waals surface area contributed by atoms with Crippen molar-refractivity contribution in [1.82, 2.24) is 14.5 Å². The molecule has 1 amide bonds. The molecular formula is C30H32ClN3O2. The monoisotopic (exact) mass is 501 g/mol. The number of nitrogens with zero attached hydrogens (tertiary/aromatic N) is 3. The van der Waals surface area contributed by atoms with Crippen molar-refractivity contribution in [2.24, 2.45) is 5.92 Å². The molecule has 0 saturated heterocycles. The molecular weight excluding hydrogens is 470 g/mol. The van der Waals surface area contributed by atoms with Crippen molar-refractivity contribution >= 4 is 28.4 Å². The number of halogens is 1. The maximum atomic E-state index is 13.9. The Kier molecular flexibility index (Phi) is 7.60. The zero-order valence-corrected chi connectivity index (χ0v) is 22.2. The van der Waals surface area contributed by atoms with E-state index < -0.39 is 6.04 Å². The van der Waals surface area contributed by atoms with E-state index in [4.69, 9.17) is 16.6 Å². The van der Waals surface area contributed by atoms with Crippen LogP contribution < -0.4 is 5.56 Å². The molecule has 0 radical (unpaired) electrons. The SMILES string of the molecule is Cc1ccc(-n2c(C(C)N(CCC(C)C)C(=O)c3ccccc3Cl)nc3ccccc3c2=O)c(C)c1. The van der Waals surface area contributed by atoms with Crippen molar-refractivity contribution in [3.8, 4) is 5.69 Å². The van der Waals surface area contributed by atoms with E-state index in [0.717, 1.165) is 23.2 Å². The number of hydrogen-bond donors (Lipinski definition) is 0. The highest BCUT2D eigenvalue weighted by Gasteiger charge is 2.29. The molecule has 0 fully saturated rings. The van der Waals surface area contributed by atoms with Crippen molar-refractivity contribution in [2.45, 2.75) is 47.1 Å². The smallest absolute Gasteiger partial charge is 0.266 e. The van der Waals surface area contributed by atoms with Gasteiger partial charge in [0, 0.05) is 6.54 Å². The van der Waals surface area contributed by atoms with E-state index in [-0.39, 0.29) is 11.5 Å². The third-order valence-electron chi connectivity index (χ3n) is 6.55. The van der Waals surface area contributed by atoms with Crippen LogP contribution in [0.25, 0.3) is 16.6 Å². The first kappa shape index (κ1) is 25.6. The highest BCUT2D eigenvalue weighted by molar-refractivity contribution is 6.33. The fraction of sp³-hybridized carbons (Fsp3) is 0.300. The maximum absolute atomic E-state index is 13.9. The molecule has 0 spiro atoms. The summed E-state index contributed by atoms with van der Waals surface area (Å²) in [5, 5.41) is 0.946. The molecule has 5 nitrogen and oxygen atoms in total. The molecule has 1 heterocycles. The lowest BCUT2D eigenvalue weighted by atomic mass is 10.1. The van der Waals surface area contributed by atoms with Crippen LogP contribution in [0.4, 0.5) is 0 Å². The Balaban J connectivity index is 1.94. The average Bonchev–Trinajstić information content (AvgIpc) is 2.84. The van der Waals surface area contributed by atoms with Gasteiger partial charge in [0.05, 0.1) is 33.2 Å². The van der Waals surface area contributed by atoms with E-state index in [9.17, 15) is 9.59 Å². The average molecular weight is 502 g/mol. The second-order valence-corrected chi connectivity index (χ2v) is 10.2. The second-order valence-electron chi connectivity index (χ2n) is 9.75. The number of hydrogen-bond acceptors (Lipinski definition) is 3. The van der Waals surface area contributed by atoms with Crippen molar-refractivity contribution in [3.05, 3.63) is 105 Å². The Morgan fingerprint density at radius 2 is 1.69 bits per heavy atom. The third kappa shape index (κ3) is 5.07. The van der Waals surface area contributed by atoms with Gasteiger partial charge in [-0.25, -0.2) is 4.98 Å². The van der Waals surface area contributed by atoms with Gasteiger partial charge in [-0.3, -0.25) is 14.2 Å². The highest BCUT2D eigenvalue weighted by atomic mass is 35.5. The Bertz CT molecular complexity index is 1480. The zero-order valence-electron chi connectivity index (χ0n) is 21.5. The van der Waals surface area contributed by atoms with Gasteiger partial charge in [0.2, 0.25) is 0 Å². The first-order valence-corrected chi connectivity index (χ1v) is 12.7. The van der Waals surface area contributed by atoms with Crippen LogP contribution in [0.3, 0.4) is 0 Å². The number of para-hydroxylation sites is 1. The fourth-order valence-corrected chi connectivity index (χ4v) is 4.73. The van der Waals surface area contributed by atoms with Crippen LogP contribution in [0, 0.1) is 19.8 Å². The molecule has 0 aliphatic heterocycles. The highest BCUT2D eigenvalue weighted by Crippen LogP contribution is 2.28. The molecule has 0 bridgehead atoms. The fourth-order valence-electron chi connectivity index (χ4n) is 4.52. The molecule has 1 aromatic heterocycles. The number of aryl methyl sites for hydroxylation is 2. The van der Waals surface area contributed by atoms with Crippen LogP contribution in [0.5, 0.6) is 0 Å². The molecule has 186 valence electrons. The van der Waals surface area contributed by atoms with Gasteiger partial charge in [-0.15, -0.1) is 0 Å². The number of carbonyl (C=O) groups excluding carboxylic acids is 1. The van der Waals surface area contributed by atoms with Gasteiger partial charge in [-0.05, 0) is 69.0 Å². The summed E-state index contributed by atoms with van der Waals surface area (Å²) in [6.45, 7) is 10.7. The lowest BCUT2D eigenvalue weighted by molar-refractivity contribution is 0.0671. The summed E-state index contributed by atoms with van der Waals surface area (Å²) in [6, 6.07) is 19.9. The minimum absolute atomic E-state index is 0.150. The quantitative estimate of drug-likeness (QED) is 0.276. The van der Waals surface area contributed by atoms with Gasteiger partial charge in [-0.2, -0.15) is 0 Å². The van der Waals surface area contributed by atoms with E-state index in [2.05, 4.69) is 19.9 Å². The standard InChI is InChI=1S/C30H32ClN3O2/c1-19(2)16-17-33(29(35)23-10-6-8-12-25(23)31)22(5)28-32-26-13-9-7-11-24(26)30(36)34(28)27-15-14-20(3)18-21(27)4/h6-15,18-19,22H,16-17H2,1-5H3. The topological polar surface area (TPSA) is 55.2 Å². The molecule has 0 saturated carbocycles. The largest absolute Gasteiger partial charge is 0.329 e. The summed E-state index contributed by atoms with van der Waals surface area (Å²) in [6.07, 6.45) is 0.807. The summed E-state index contributed by atoms with van der Waals surface area (Å²) < 4.78 is 1.67. The molecule has 1 unspecified atom stereocenters. The zero-order chi connectivity index (χ0) is 26.0. The van der Waals surface area contributed by atoms with E-state index in [1.165, 1.54) is 0 Å². The van der Waals surface area contributed by atoms with Crippen LogP contribution in [0.1, 0.15) is 60.5 Å². The van der Waals surface area contributed by atoms with Crippen LogP contribution in [0.2, 0.25) is 5.02 Å². The molecule has 4 rings (SSSR count). The van der Waals surface area contributed by atoms with Gasteiger partial charge in [0.25, 0.3) is 11.5 Å². The molecule has 4 aromatic rings. The second kappa shape index (κ2) is 10.7. The number of amides is 1. The first-order valence-electron chi connectivity index (χ1n) is 12.3. The number of benzene rings is 3. The summed E-state index contributed by atoms with van der Waals surface area (Å²) in [5.41, 5.74) is 3.74. The van der Waals surface area contributed by atoms with Gasteiger partial charge >= 0.3 is 0 Å². The Morgan fingerprint density at radius 3 is 2.39 bits per heavy atom. The number of aromatic nitrogens is 2. The molecule has 0 aliphatic rings. The van der Waals surface area contributed by atoms with Crippen molar-refractivity contribution < 1.29 is 4.79 Å². The van der Waals surface area contributed by atoms with Crippen molar-refractivity contribution in [3.63, 3.8) is 0 Å². The van der Waals surface area contributed by atoms with E-state index in [1.807, 2.05) is 63.2 Å². The third-order valence-corrected chi connectivity index (χ3v) is 6.88. The normalized spacial score (nSPS) is 12.2. The maximum Gasteiger partial charge on any atom is 0.266 e. The number of fused-ring (bicyclic) bond motifs is 1. The minimum Gasteiger partial charge on any atom is -0.329 e.